The molecule has 4 saturated heterocycles. The number of carbonyl (C=O) groups is 3. The second kappa shape index (κ2) is 14.0. The van der Waals surface area contributed by atoms with Crippen LogP contribution in [0.2, 0.25) is 0 Å². The summed E-state index contributed by atoms with van der Waals surface area (Å²) in [5.74, 6) is -2.74. The van der Waals surface area contributed by atoms with Crippen molar-refractivity contribution in [2.75, 3.05) is 64.0 Å². The van der Waals surface area contributed by atoms with Gasteiger partial charge in [-0.05, 0) is 37.0 Å². The number of para-hydroxylation sites is 1. The second-order valence-corrected chi connectivity index (χ2v) is 13.7. The molecule has 256 valence electrons. The van der Waals surface area contributed by atoms with Crippen molar-refractivity contribution in [3.05, 3.63) is 91.5 Å². The number of aliphatic hydroxyl groups excluding tert-OH is 1. The summed E-state index contributed by atoms with van der Waals surface area (Å²) < 4.78 is 12.6. The Kier molecular flexibility index (Phi) is 9.90. The third kappa shape index (κ3) is 5.68. The minimum atomic E-state index is -1.26. The zero-order valence-electron chi connectivity index (χ0n) is 28.1. The molecular formula is C38H48N4O6. The number of morpholine rings is 1. The molecular weight excluding hydrogens is 608 g/mol. The maximum absolute atomic E-state index is 15.1. The van der Waals surface area contributed by atoms with Crippen molar-refractivity contribution in [3.63, 3.8) is 0 Å². The summed E-state index contributed by atoms with van der Waals surface area (Å²) in [6, 6.07) is 16.8. The van der Waals surface area contributed by atoms with Crippen LogP contribution in [-0.2, 0) is 23.9 Å². The van der Waals surface area contributed by atoms with Gasteiger partial charge in [-0.3, -0.25) is 19.3 Å². The Bertz CT molecular complexity index is 1500. The summed E-state index contributed by atoms with van der Waals surface area (Å²) >= 11 is 0. The van der Waals surface area contributed by atoms with Crippen molar-refractivity contribution in [2.45, 2.75) is 43.6 Å². The Morgan fingerprint density at radius 1 is 1.02 bits per heavy atom. The molecule has 3 unspecified atom stereocenters. The fraction of sp³-hybridized carbons (Fsp3) is 0.500. The highest BCUT2D eigenvalue weighted by Crippen LogP contribution is 2.66. The monoisotopic (exact) mass is 656 g/mol. The van der Waals surface area contributed by atoms with Gasteiger partial charge in [0, 0.05) is 45.0 Å². The lowest BCUT2D eigenvalue weighted by molar-refractivity contribution is -0.155. The van der Waals surface area contributed by atoms with Crippen LogP contribution in [0.1, 0.15) is 31.9 Å². The predicted octanol–water partition coefficient (Wildman–Crippen LogP) is 3.30. The van der Waals surface area contributed by atoms with Crippen molar-refractivity contribution in [2.24, 2.45) is 17.8 Å². The van der Waals surface area contributed by atoms with Crippen molar-refractivity contribution in [1.82, 2.24) is 14.7 Å². The first-order valence-corrected chi connectivity index (χ1v) is 17.1. The highest BCUT2D eigenvalue weighted by atomic mass is 16.5. The van der Waals surface area contributed by atoms with Crippen LogP contribution in [-0.4, -0.2) is 114 Å². The summed E-state index contributed by atoms with van der Waals surface area (Å²) in [6.45, 7) is 15.9. The fourth-order valence-corrected chi connectivity index (χ4v) is 8.63. The van der Waals surface area contributed by atoms with Crippen LogP contribution in [0.3, 0.4) is 0 Å². The molecule has 4 fully saturated rings. The third-order valence-electron chi connectivity index (χ3n) is 11.0. The van der Waals surface area contributed by atoms with Gasteiger partial charge in [-0.2, -0.15) is 0 Å². The van der Waals surface area contributed by atoms with Gasteiger partial charge in [0.25, 0.3) is 0 Å². The number of benzene rings is 2. The van der Waals surface area contributed by atoms with Crippen LogP contribution in [0.15, 0.2) is 86.0 Å². The van der Waals surface area contributed by atoms with E-state index in [0.717, 1.165) is 13.1 Å². The van der Waals surface area contributed by atoms with Gasteiger partial charge in [0.1, 0.15) is 11.6 Å². The lowest BCUT2D eigenvalue weighted by Gasteiger charge is -2.40. The maximum Gasteiger partial charge on any atom is 0.248 e. The molecule has 10 nitrogen and oxygen atoms in total. The number of ether oxygens (including phenoxy) is 2. The summed E-state index contributed by atoms with van der Waals surface area (Å²) in [5, 5.41) is 10.9. The molecule has 2 bridgehead atoms. The Morgan fingerprint density at radius 3 is 2.29 bits per heavy atom. The number of anilines is 1. The Morgan fingerprint density at radius 2 is 1.67 bits per heavy atom. The number of rotatable bonds is 13. The van der Waals surface area contributed by atoms with E-state index in [1.807, 2.05) is 74.5 Å². The largest absolute Gasteiger partial charge is 0.394 e. The Labute approximate surface area is 283 Å². The van der Waals surface area contributed by atoms with Gasteiger partial charge < -0.3 is 29.3 Å². The van der Waals surface area contributed by atoms with Crippen molar-refractivity contribution in [3.8, 4) is 0 Å². The smallest absolute Gasteiger partial charge is 0.248 e. The molecule has 0 aliphatic carbocycles. The Hall–Kier alpha value is -3.83. The molecule has 2 aromatic rings. The van der Waals surface area contributed by atoms with Crippen LogP contribution in [0.5, 0.6) is 0 Å². The molecule has 3 amide bonds. The minimum absolute atomic E-state index is 0.127. The lowest BCUT2D eigenvalue weighted by Crippen LogP contribution is -2.58. The van der Waals surface area contributed by atoms with Crippen molar-refractivity contribution < 1.29 is 29.0 Å². The van der Waals surface area contributed by atoms with E-state index in [4.69, 9.17) is 9.47 Å². The van der Waals surface area contributed by atoms with Crippen molar-refractivity contribution in [1.29, 1.82) is 0 Å². The minimum Gasteiger partial charge on any atom is -0.394 e. The molecule has 0 radical (unpaired) electrons. The van der Waals surface area contributed by atoms with Gasteiger partial charge in [-0.1, -0.05) is 67.6 Å². The first-order chi connectivity index (χ1) is 23.2. The Balaban J connectivity index is 1.44. The van der Waals surface area contributed by atoms with Crippen LogP contribution < -0.4 is 4.90 Å². The molecule has 2 aromatic carbocycles. The van der Waals surface area contributed by atoms with E-state index in [0.29, 0.717) is 44.0 Å². The van der Waals surface area contributed by atoms with Gasteiger partial charge in [0.2, 0.25) is 17.7 Å². The summed E-state index contributed by atoms with van der Waals surface area (Å²) in [7, 11) is 0. The van der Waals surface area contributed by atoms with Gasteiger partial charge >= 0.3 is 0 Å². The van der Waals surface area contributed by atoms with Gasteiger partial charge in [0.05, 0.1) is 43.3 Å². The van der Waals surface area contributed by atoms with E-state index < -0.39 is 41.7 Å². The normalized spacial score (nSPS) is 30.1. The first kappa shape index (κ1) is 34.0. The number of fused-ring (bicyclic) bond motifs is 1. The molecule has 0 saturated carbocycles. The molecule has 10 heteroatoms. The number of aliphatic hydroxyl groups is 1. The van der Waals surface area contributed by atoms with Crippen LogP contribution in [0, 0.1) is 17.8 Å². The van der Waals surface area contributed by atoms with Crippen LogP contribution >= 0.6 is 0 Å². The molecule has 1 spiro atoms. The van der Waals surface area contributed by atoms with Gasteiger partial charge in [0.15, 0.2) is 0 Å². The zero-order valence-corrected chi connectivity index (χ0v) is 28.1. The van der Waals surface area contributed by atoms with Crippen molar-refractivity contribution >= 4 is 23.4 Å². The zero-order chi connectivity index (χ0) is 34.1. The average Bonchev–Trinajstić information content (AvgIpc) is 3.63. The van der Waals surface area contributed by atoms with Gasteiger partial charge in [-0.25, -0.2) is 0 Å². The molecule has 48 heavy (non-hydrogen) atoms. The van der Waals surface area contributed by atoms with E-state index in [1.54, 1.807) is 26.9 Å². The van der Waals surface area contributed by atoms with E-state index in [1.165, 1.54) is 0 Å². The predicted molar refractivity (Wildman–Crippen MR) is 183 cm³/mol. The van der Waals surface area contributed by atoms with Crippen LogP contribution in [0.25, 0.3) is 0 Å². The number of carbonyl (C=O) groups excluding carboxylic acids is 3. The number of likely N-dealkylation sites (tertiary alicyclic amines) is 1. The van der Waals surface area contributed by atoms with E-state index in [2.05, 4.69) is 18.1 Å². The van der Waals surface area contributed by atoms with Crippen LogP contribution in [0.4, 0.5) is 5.69 Å². The highest BCUT2D eigenvalue weighted by Gasteiger charge is 2.80. The maximum atomic E-state index is 15.1. The lowest BCUT2D eigenvalue weighted by atomic mass is 9.62. The summed E-state index contributed by atoms with van der Waals surface area (Å²) in [5.41, 5.74) is -0.849. The van der Waals surface area contributed by atoms with E-state index in [-0.39, 0.29) is 36.7 Å². The molecule has 1 N–H and O–H groups in total. The number of amides is 3. The molecule has 4 aliphatic rings. The van der Waals surface area contributed by atoms with Gasteiger partial charge in [-0.15, -0.1) is 13.2 Å². The molecule has 7 atom stereocenters. The number of nitrogens with zero attached hydrogens (tertiary/aromatic N) is 4. The number of hydrogen-bond acceptors (Lipinski definition) is 7. The average molecular weight is 657 g/mol. The van der Waals surface area contributed by atoms with E-state index in [9.17, 15) is 9.90 Å². The molecule has 4 heterocycles. The molecule has 0 aromatic heterocycles. The second-order valence-electron chi connectivity index (χ2n) is 13.7. The first-order valence-electron chi connectivity index (χ1n) is 17.1. The SMILES string of the molecule is C=CCN(CCN1CCOCC1)C(=O)C1N([C@H](CO)c2ccccc2)C(=O)[C@@H]2[C@H](C(=O)N(CC=C)c3ccccc3)[C@@]3(C)OC12CC3C. The topological polar surface area (TPSA) is 103 Å². The quantitative estimate of drug-likeness (QED) is 0.330. The summed E-state index contributed by atoms with van der Waals surface area (Å²) in [4.78, 5) is 52.2. The standard InChI is InChI=1S/C38H48N4O6/c1-5-17-40(20-19-39-21-23-47-24-22-39)36(46)33-38-25-27(3)37(4,48-38)31(34(44)41(18-6-2)29-15-11-8-12-16-29)32(38)35(45)42(33)30(26-43)28-13-9-7-10-14-28/h5-16,27,30-33,43H,1-2,17-26H2,3-4H3/t27?,30-,31-,32+,33?,37+,38?/m1/s1. The van der Waals surface area contributed by atoms with E-state index >= 15 is 9.59 Å². The fourth-order valence-electron chi connectivity index (χ4n) is 8.63. The molecule has 6 rings (SSSR count). The third-order valence-corrected chi connectivity index (χ3v) is 11.0. The molecule has 4 aliphatic heterocycles. The summed E-state index contributed by atoms with van der Waals surface area (Å²) in [6.07, 6.45) is 3.81. The highest BCUT2D eigenvalue weighted by molar-refractivity contribution is 6.03. The number of hydrogen-bond donors (Lipinski definition) is 1.